The van der Waals surface area contributed by atoms with Crippen LogP contribution in [0.15, 0.2) is 18.2 Å². The average Bonchev–Trinajstić information content (AvgIpc) is 2.79. The smallest absolute Gasteiger partial charge is 0.314 e. The van der Waals surface area contributed by atoms with Crippen molar-refractivity contribution in [3.8, 4) is 11.5 Å². The summed E-state index contributed by atoms with van der Waals surface area (Å²) in [6.07, 6.45) is 13.9. The monoisotopic (exact) mass is 416 g/mol. The van der Waals surface area contributed by atoms with Gasteiger partial charge in [0, 0.05) is 6.07 Å². The molecule has 0 aromatic heterocycles. The Bertz CT molecular complexity index is 725. The van der Waals surface area contributed by atoms with E-state index in [2.05, 4.69) is 6.92 Å². The highest BCUT2D eigenvalue weighted by Crippen LogP contribution is 2.49. The molecule has 3 aliphatic carbocycles. The first-order valence-corrected chi connectivity index (χ1v) is 12.1. The number of carbonyl (C=O) groups is 1. The molecule has 0 spiro atoms. The molecule has 0 heterocycles. The fourth-order valence-corrected chi connectivity index (χ4v) is 6.53. The first-order valence-electron chi connectivity index (χ1n) is 12.1. The van der Waals surface area contributed by atoms with Gasteiger partial charge >= 0.3 is 5.97 Å². The van der Waals surface area contributed by atoms with Gasteiger partial charge < -0.3 is 9.47 Å². The van der Waals surface area contributed by atoms with E-state index in [1.807, 2.05) is 0 Å². The van der Waals surface area contributed by atoms with Gasteiger partial charge in [-0.3, -0.25) is 4.79 Å². The minimum atomic E-state index is -0.550. The molecule has 0 radical (unpaired) electrons. The number of fused-ring (bicyclic) bond motifs is 1. The van der Waals surface area contributed by atoms with E-state index in [0.29, 0.717) is 5.75 Å². The minimum Gasteiger partial charge on any atom is -0.497 e. The molecule has 0 bridgehead atoms. The Morgan fingerprint density at radius 3 is 2.23 bits per heavy atom. The van der Waals surface area contributed by atoms with Crippen molar-refractivity contribution in [1.29, 1.82) is 0 Å². The van der Waals surface area contributed by atoms with E-state index in [1.165, 1.54) is 64.2 Å². The number of halogens is 1. The highest BCUT2D eigenvalue weighted by Gasteiger charge is 2.39. The fourth-order valence-electron chi connectivity index (χ4n) is 6.53. The summed E-state index contributed by atoms with van der Waals surface area (Å²) in [5.74, 6) is 4.01. The molecule has 3 aliphatic rings. The van der Waals surface area contributed by atoms with Crippen LogP contribution in [0.4, 0.5) is 4.39 Å². The second-order valence-corrected chi connectivity index (χ2v) is 10.0. The van der Waals surface area contributed by atoms with Crippen molar-refractivity contribution in [1.82, 2.24) is 0 Å². The fraction of sp³-hybridized carbons (Fsp3) is 0.731. The highest BCUT2D eigenvalue weighted by molar-refractivity contribution is 5.75. The van der Waals surface area contributed by atoms with Crippen LogP contribution < -0.4 is 9.47 Å². The topological polar surface area (TPSA) is 35.5 Å². The first-order chi connectivity index (χ1) is 14.6. The summed E-state index contributed by atoms with van der Waals surface area (Å²) >= 11 is 0. The molecule has 4 unspecified atom stereocenters. The van der Waals surface area contributed by atoms with E-state index < -0.39 is 5.82 Å². The number of carbonyl (C=O) groups excluding carboxylic acids is 1. The summed E-state index contributed by atoms with van der Waals surface area (Å²) in [6, 6.07) is 4.35. The molecule has 166 valence electrons. The molecule has 0 aliphatic heterocycles. The van der Waals surface area contributed by atoms with E-state index in [9.17, 15) is 9.18 Å². The molecule has 1 aromatic carbocycles. The van der Waals surface area contributed by atoms with Crippen molar-refractivity contribution in [2.45, 2.75) is 77.6 Å². The van der Waals surface area contributed by atoms with E-state index in [0.717, 1.165) is 55.3 Å². The summed E-state index contributed by atoms with van der Waals surface area (Å²) in [6.45, 7) is 2.35. The third-order valence-electron chi connectivity index (χ3n) is 8.46. The molecular weight excluding hydrogens is 379 g/mol. The van der Waals surface area contributed by atoms with Gasteiger partial charge in [-0.1, -0.05) is 19.8 Å². The number of rotatable bonds is 5. The van der Waals surface area contributed by atoms with Gasteiger partial charge in [0.15, 0.2) is 11.6 Å². The lowest BCUT2D eigenvalue weighted by molar-refractivity contribution is -0.140. The summed E-state index contributed by atoms with van der Waals surface area (Å²) in [4.78, 5) is 12.6. The predicted octanol–water partition coefficient (Wildman–Crippen LogP) is 6.79. The second kappa shape index (κ2) is 9.70. The Hall–Kier alpha value is -1.58. The van der Waals surface area contributed by atoms with E-state index in [-0.39, 0.29) is 17.6 Å². The maximum atomic E-state index is 14.1. The molecule has 0 amide bonds. The van der Waals surface area contributed by atoms with Crippen LogP contribution in [0.2, 0.25) is 0 Å². The Labute approximate surface area is 180 Å². The van der Waals surface area contributed by atoms with Gasteiger partial charge in [-0.25, -0.2) is 4.39 Å². The van der Waals surface area contributed by atoms with Crippen molar-refractivity contribution in [2.75, 3.05) is 7.11 Å². The van der Waals surface area contributed by atoms with Gasteiger partial charge in [0.05, 0.1) is 13.0 Å². The molecule has 3 fully saturated rings. The van der Waals surface area contributed by atoms with Gasteiger partial charge in [-0.2, -0.15) is 0 Å². The Morgan fingerprint density at radius 1 is 0.933 bits per heavy atom. The molecule has 3 saturated carbocycles. The lowest BCUT2D eigenvalue weighted by atomic mass is 9.61. The van der Waals surface area contributed by atoms with E-state index in [1.54, 1.807) is 6.07 Å². The number of ether oxygens (including phenoxy) is 2. The lowest BCUT2D eigenvalue weighted by Gasteiger charge is -2.45. The summed E-state index contributed by atoms with van der Waals surface area (Å²) in [5, 5.41) is 0. The highest BCUT2D eigenvalue weighted by atomic mass is 19.1. The van der Waals surface area contributed by atoms with Crippen LogP contribution in [0.3, 0.4) is 0 Å². The second-order valence-electron chi connectivity index (χ2n) is 10.0. The largest absolute Gasteiger partial charge is 0.497 e. The predicted molar refractivity (Wildman–Crippen MR) is 116 cm³/mol. The summed E-state index contributed by atoms with van der Waals surface area (Å²) in [5.41, 5.74) is 0. The van der Waals surface area contributed by atoms with Crippen LogP contribution in [0.25, 0.3) is 0 Å². The molecule has 0 N–H and O–H groups in total. The number of hydrogen-bond acceptors (Lipinski definition) is 3. The number of esters is 1. The number of benzene rings is 1. The van der Waals surface area contributed by atoms with Gasteiger partial charge in [-0.15, -0.1) is 0 Å². The molecule has 3 nitrogen and oxygen atoms in total. The standard InChI is InChI=1S/C26H37FO3/c1-3-17-4-5-22-15-21(11-10-20(22)14-17)18-6-8-19(9-7-18)26(28)30-25-13-12-23(29-2)16-24(25)27/h12-13,16-22H,3-11,14-15H2,1-2H3. The van der Waals surface area contributed by atoms with Crippen LogP contribution in [0.1, 0.15) is 77.6 Å². The van der Waals surface area contributed by atoms with Crippen LogP contribution in [-0.4, -0.2) is 13.1 Å². The molecule has 4 rings (SSSR count). The van der Waals surface area contributed by atoms with Crippen LogP contribution in [0.5, 0.6) is 11.5 Å². The quantitative estimate of drug-likeness (QED) is 0.392. The van der Waals surface area contributed by atoms with Gasteiger partial charge in [0.2, 0.25) is 0 Å². The molecule has 1 aromatic rings. The third-order valence-corrected chi connectivity index (χ3v) is 8.46. The molecule has 4 atom stereocenters. The number of methoxy groups -OCH3 is 1. The maximum Gasteiger partial charge on any atom is 0.314 e. The SMILES string of the molecule is CCC1CCC2CC(C3CCC(C(=O)Oc4ccc(OC)cc4F)CC3)CCC2C1. The maximum absolute atomic E-state index is 14.1. The van der Waals surface area contributed by atoms with Gasteiger partial charge in [-0.05, 0) is 99.5 Å². The molecule has 30 heavy (non-hydrogen) atoms. The summed E-state index contributed by atoms with van der Waals surface area (Å²) < 4.78 is 24.5. The van der Waals surface area contributed by atoms with Crippen molar-refractivity contribution in [3.05, 3.63) is 24.0 Å². The number of hydrogen-bond donors (Lipinski definition) is 0. The van der Waals surface area contributed by atoms with Crippen LogP contribution in [-0.2, 0) is 4.79 Å². The zero-order valence-corrected chi connectivity index (χ0v) is 18.6. The lowest BCUT2D eigenvalue weighted by Crippen LogP contribution is -2.35. The van der Waals surface area contributed by atoms with E-state index in [4.69, 9.17) is 9.47 Å². The Balaban J connectivity index is 1.25. The molecule has 4 heteroatoms. The Kier molecular flexibility index (Phi) is 7.00. The average molecular weight is 417 g/mol. The molecule has 0 saturated heterocycles. The summed E-state index contributed by atoms with van der Waals surface area (Å²) in [7, 11) is 1.49. The van der Waals surface area contributed by atoms with Crippen molar-refractivity contribution < 1.29 is 18.7 Å². The van der Waals surface area contributed by atoms with Crippen molar-refractivity contribution >= 4 is 5.97 Å². The van der Waals surface area contributed by atoms with Crippen molar-refractivity contribution in [3.63, 3.8) is 0 Å². The minimum absolute atomic E-state index is 0.00364. The van der Waals surface area contributed by atoms with E-state index >= 15 is 0 Å². The third kappa shape index (κ3) is 4.84. The normalized spacial score (nSPS) is 34.1. The Morgan fingerprint density at radius 2 is 1.57 bits per heavy atom. The molecular formula is C26H37FO3. The van der Waals surface area contributed by atoms with Crippen LogP contribution >= 0.6 is 0 Å². The van der Waals surface area contributed by atoms with Crippen LogP contribution in [0, 0.1) is 41.3 Å². The zero-order valence-electron chi connectivity index (χ0n) is 18.6. The first kappa shape index (κ1) is 21.6. The van der Waals surface area contributed by atoms with Crippen molar-refractivity contribution in [2.24, 2.45) is 35.5 Å². The zero-order chi connectivity index (χ0) is 21.1. The van der Waals surface area contributed by atoms with Gasteiger partial charge in [0.25, 0.3) is 0 Å². The van der Waals surface area contributed by atoms with Gasteiger partial charge in [0.1, 0.15) is 5.75 Å².